The van der Waals surface area contributed by atoms with Crippen LogP contribution >= 0.6 is 38.9 Å². The van der Waals surface area contributed by atoms with Crippen LogP contribution in [0.25, 0.3) is 0 Å². The zero-order valence-corrected chi connectivity index (χ0v) is 13.6. The smallest absolute Gasteiger partial charge is 0.127 e. The highest BCUT2D eigenvalue weighted by molar-refractivity contribution is 9.11. The minimum Gasteiger partial charge on any atom is -0.310 e. The van der Waals surface area contributed by atoms with Crippen LogP contribution in [-0.2, 0) is 6.42 Å². The summed E-state index contributed by atoms with van der Waals surface area (Å²) in [5.41, 5.74) is 1.72. The van der Waals surface area contributed by atoms with Crippen LogP contribution in [0.5, 0.6) is 0 Å². The Morgan fingerprint density at radius 2 is 2.26 bits per heavy atom. The van der Waals surface area contributed by atoms with Crippen molar-refractivity contribution in [1.82, 2.24) is 5.32 Å². The first kappa shape index (κ1) is 15.0. The van der Waals surface area contributed by atoms with E-state index in [1.165, 1.54) is 6.07 Å². The van der Waals surface area contributed by atoms with Crippen LogP contribution in [0, 0.1) is 5.82 Å². The minimum absolute atomic E-state index is 0.0712. The van der Waals surface area contributed by atoms with Gasteiger partial charge in [-0.3, -0.25) is 0 Å². The first-order chi connectivity index (χ1) is 9.11. The van der Waals surface area contributed by atoms with Gasteiger partial charge in [-0.2, -0.15) is 0 Å². The van der Waals surface area contributed by atoms with Gasteiger partial charge in [0.2, 0.25) is 0 Å². The summed E-state index contributed by atoms with van der Waals surface area (Å²) in [4.78, 5) is 0. The van der Waals surface area contributed by atoms with Crippen molar-refractivity contribution in [2.75, 3.05) is 6.54 Å². The third-order valence-corrected chi connectivity index (χ3v) is 4.79. The number of likely N-dealkylation sites (N-methyl/N-ethyl adjacent to an activating group) is 1. The van der Waals surface area contributed by atoms with E-state index >= 15 is 0 Å². The van der Waals surface area contributed by atoms with E-state index in [4.69, 9.17) is 11.6 Å². The lowest BCUT2D eigenvalue weighted by molar-refractivity contribution is 0.529. The molecule has 1 N–H and O–H groups in total. The maximum atomic E-state index is 13.9. The van der Waals surface area contributed by atoms with Crippen molar-refractivity contribution >= 4 is 38.9 Å². The van der Waals surface area contributed by atoms with E-state index in [1.807, 2.05) is 6.92 Å². The molecule has 0 amide bonds. The average Bonchev–Trinajstić information content (AvgIpc) is 2.79. The van der Waals surface area contributed by atoms with Crippen molar-refractivity contribution in [2.45, 2.75) is 19.4 Å². The zero-order valence-electron chi connectivity index (χ0n) is 10.4. The van der Waals surface area contributed by atoms with Gasteiger partial charge >= 0.3 is 0 Å². The second kappa shape index (κ2) is 6.84. The number of nitrogens with one attached hydrogen (secondary N) is 1. The fourth-order valence-electron chi connectivity index (χ4n) is 1.99. The molecule has 0 saturated heterocycles. The molecule has 19 heavy (non-hydrogen) atoms. The normalized spacial score (nSPS) is 12.6. The van der Waals surface area contributed by atoms with Crippen molar-refractivity contribution in [1.29, 1.82) is 0 Å². The van der Waals surface area contributed by atoms with Crippen LogP contribution in [0.1, 0.15) is 24.1 Å². The summed E-state index contributed by atoms with van der Waals surface area (Å²) in [7, 11) is 0. The van der Waals surface area contributed by atoms with E-state index in [9.17, 15) is 4.39 Å². The highest BCUT2D eigenvalue weighted by Gasteiger charge is 2.17. The van der Waals surface area contributed by atoms with Crippen molar-refractivity contribution in [2.24, 2.45) is 0 Å². The third kappa shape index (κ3) is 3.78. The molecule has 1 nitrogen and oxygen atoms in total. The van der Waals surface area contributed by atoms with Crippen LogP contribution < -0.4 is 5.32 Å². The maximum absolute atomic E-state index is 13.9. The van der Waals surface area contributed by atoms with Crippen LogP contribution in [0.15, 0.2) is 33.4 Å². The lowest BCUT2D eigenvalue weighted by atomic mass is 10.0. The van der Waals surface area contributed by atoms with E-state index in [0.29, 0.717) is 17.0 Å². The van der Waals surface area contributed by atoms with Gasteiger partial charge in [0, 0.05) is 16.6 Å². The monoisotopic (exact) mass is 361 g/mol. The molecule has 1 aromatic carbocycles. The van der Waals surface area contributed by atoms with E-state index < -0.39 is 0 Å². The van der Waals surface area contributed by atoms with Crippen LogP contribution in [0.2, 0.25) is 5.02 Å². The molecular formula is C14H14BrClFNS. The molecule has 1 unspecified atom stereocenters. The number of benzene rings is 1. The Bertz CT molecular complexity index is 538. The van der Waals surface area contributed by atoms with Gasteiger partial charge in [-0.15, -0.1) is 11.3 Å². The Balaban J connectivity index is 2.26. The largest absolute Gasteiger partial charge is 0.310 e. The van der Waals surface area contributed by atoms with Crippen LogP contribution in [0.3, 0.4) is 0 Å². The van der Waals surface area contributed by atoms with E-state index in [1.54, 1.807) is 23.5 Å². The molecule has 1 heterocycles. The summed E-state index contributed by atoms with van der Waals surface area (Å²) in [5.74, 6) is -0.246. The Kier molecular flexibility index (Phi) is 5.39. The van der Waals surface area contributed by atoms with Crippen molar-refractivity contribution in [3.05, 3.63) is 55.4 Å². The molecule has 0 radical (unpaired) electrons. The standard InChI is InChI=1S/C14H14BrClFNS/c1-2-18-13(9-6-14(15)19-8-9)7-10-11(16)4-3-5-12(10)17/h3-6,8,13,18H,2,7H2,1H3. The predicted molar refractivity (Wildman–Crippen MR) is 83.6 cm³/mol. The lowest BCUT2D eigenvalue weighted by Crippen LogP contribution is -2.23. The SMILES string of the molecule is CCNC(Cc1c(F)cccc1Cl)c1csc(Br)c1. The predicted octanol–water partition coefficient (Wildman–Crippen LogP) is 5.20. The molecule has 0 aliphatic carbocycles. The second-order valence-electron chi connectivity index (χ2n) is 4.20. The molecule has 1 aromatic heterocycles. The molecule has 0 bridgehead atoms. The van der Waals surface area contributed by atoms with E-state index in [2.05, 4.69) is 32.7 Å². The Hall–Kier alpha value is -0.420. The van der Waals surface area contributed by atoms with Gasteiger partial charge < -0.3 is 5.32 Å². The number of rotatable bonds is 5. The lowest BCUT2D eigenvalue weighted by Gasteiger charge is -2.18. The highest BCUT2D eigenvalue weighted by Crippen LogP contribution is 2.30. The van der Waals surface area contributed by atoms with Gasteiger partial charge in [0.1, 0.15) is 5.82 Å². The molecule has 102 valence electrons. The minimum atomic E-state index is -0.246. The van der Waals surface area contributed by atoms with Crippen molar-refractivity contribution in [3.63, 3.8) is 0 Å². The molecular weight excluding hydrogens is 349 g/mol. The molecule has 0 spiro atoms. The Labute approximate surface area is 129 Å². The molecule has 0 fully saturated rings. The fraction of sp³-hybridized carbons (Fsp3) is 0.286. The maximum Gasteiger partial charge on any atom is 0.127 e. The number of hydrogen-bond donors (Lipinski definition) is 1. The van der Waals surface area contributed by atoms with Crippen molar-refractivity contribution < 1.29 is 4.39 Å². The molecule has 0 aliphatic heterocycles. The van der Waals surface area contributed by atoms with E-state index in [-0.39, 0.29) is 11.9 Å². The summed E-state index contributed by atoms with van der Waals surface area (Å²) in [6, 6.07) is 6.94. The molecule has 0 aliphatic rings. The molecule has 0 saturated carbocycles. The summed E-state index contributed by atoms with van der Waals surface area (Å²) in [6.45, 7) is 2.86. The van der Waals surface area contributed by atoms with Gasteiger partial charge in [0.05, 0.1) is 3.79 Å². The number of hydrogen-bond acceptors (Lipinski definition) is 2. The topological polar surface area (TPSA) is 12.0 Å². The average molecular weight is 363 g/mol. The Morgan fingerprint density at radius 3 is 2.84 bits per heavy atom. The van der Waals surface area contributed by atoms with E-state index in [0.717, 1.165) is 15.9 Å². The van der Waals surface area contributed by atoms with Gasteiger partial charge in [-0.05, 0) is 58.0 Å². The molecule has 5 heteroatoms. The summed E-state index contributed by atoms with van der Waals surface area (Å²) in [5, 5.41) is 5.93. The molecule has 2 aromatic rings. The second-order valence-corrected chi connectivity index (χ2v) is 6.90. The van der Waals surface area contributed by atoms with Gasteiger partial charge in [0.15, 0.2) is 0 Å². The van der Waals surface area contributed by atoms with Gasteiger partial charge in [0.25, 0.3) is 0 Å². The zero-order chi connectivity index (χ0) is 13.8. The van der Waals surface area contributed by atoms with Gasteiger partial charge in [-0.1, -0.05) is 24.6 Å². The fourth-order valence-corrected chi connectivity index (χ4v) is 3.46. The number of thiophene rings is 1. The third-order valence-electron chi connectivity index (χ3n) is 2.91. The summed E-state index contributed by atoms with van der Waals surface area (Å²) >= 11 is 11.2. The van der Waals surface area contributed by atoms with Crippen molar-refractivity contribution in [3.8, 4) is 0 Å². The first-order valence-corrected chi connectivity index (χ1v) is 8.07. The molecule has 2 rings (SSSR count). The molecule has 1 atom stereocenters. The van der Waals surface area contributed by atoms with Gasteiger partial charge in [-0.25, -0.2) is 4.39 Å². The summed E-state index contributed by atoms with van der Waals surface area (Å²) in [6.07, 6.45) is 0.544. The number of halogens is 3. The highest BCUT2D eigenvalue weighted by atomic mass is 79.9. The van der Waals surface area contributed by atoms with Crippen LogP contribution in [-0.4, -0.2) is 6.54 Å². The van der Waals surface area contributed by atoms with Crippen LogP contribution in [0.4, 0.5) is 4.39 Å². The Morgan fingerprint density at radius 1 is 1.47 bits per heavy atom. The summed E-state index contributed by atoms with van der Waals surface area (Å²) < 4.78 is 14.9. The quantitative estimate of drug-likeness (QED) is 0.771. The first-order valence-electron chi connectivity index (χ1n) is 6.02.